The molecule has 2 fully saturated rings. The van der Waals surface area contributed by atoms with Gasteiger partial charge in [-0.3, -0.25) is 4.79 Å². The Kier molecular flexibility index (Phi) is 2.19. The number of amides is 1. The highest BCUT2D eigenvalue weighted by Crippen LogP contribution is 2.29. The molecule has 0 saturated carbocycles. The zero-order valence-corrected chi connectivity index (χ0v) is 7.40. The maximum absolute atomic E-state index is 11.3. The van der Waals surface area contributed by atoms with Gasteiger partial charge in [0.15, 0.2) is 0 Å². The third-order valence-electron chi connectivity index (χ3n) is 2.82. The van der Waals surface area contributed by atoms with Gasteiger partial charge in [-0.2, -0.15) is 5.26 Å². The molecule has 70 valence electrons. The fraction of sp³-hybridized carbons (Fsp3) is 0.778. The van der Waals surface area contributed by atoms with Crippen LogP contribution >= 0.6 is 0 Å². The minimum Gasteiger partial charge on any atom is -0.381 e. The molecule has 2 atom stereocenters. The van der Waals surface area contributed by atoms with Crippen LogP contribution < -0.4 is 0 Å². The topological polar surface area (TPSA) is 53.3 Å². The third kappa shape index (κ3) is 1.52. The number of nitriles is 1. The van der Waals surface area contributed by atoms with Crippen LogP contribution in [0.2, 0.25) is 0 Å². The summed E-state index contributed by atoms with van der Waals surface area (Å²) >= 11 is 0. The summed E-state index contributed by atoms with van der Waals surface area (Å²) in [6.07, 6.45) is 0.0142. The molecule has 0 bridgehead atoms. The van der Waals surface area contributed by atoms with Gasteiger partial charge in [0.25, 0.3) is 0 Å². The minimum absolute atomic E-state index is 0.0142. The van der Waals surface area contributed by atoms with E-state index in [0.717, 1.165) is 26.3 Å². The van der Waals surface area contributed by atoms with E-state index in [0.29, 0.717) is 11.8 Å². The Morgan fingerprint density at radius 3 is 2.62 bits per heavy atom. The Morgan fingerprint density at radius 1 is 1.46 bits per heavy atom. The van der Waals surface area contributed by atoms with Crippen LogP contribution in [0, 0.1) is 23.2 Å². The van der Waals surface area contributed by atoms with Gasteiger partial charge in [-0.25, -0.2) is 0 Å². The van der Waals surface area contributed by atoms with Crippen molar-refractivity contribution in [2.45, 2.75) is 6.42 Å². The summed E-state index contributed by atoms with van der Waals surface area (Å²) in [5, 5.41) is 8.38. The number of likely N-dealkylation sites (tertiary alicyclic amines) is 1. The first-order valence-corrected chi connectivity index (χ1v) is 4.53. The lowest BCUT2D eigenvalue weighted by molar-refractivity contribution is -0.129. The van der Waals surface area contributed by atoms with E-state index in [4.69, 9.17) is 10.00 Å². The van der Waals surface area contributed by atoms with Crippen molar-refractivity contribution >= 4 is 5.91 Å². The molecule has 2 heterocycles. The molecular formula is C9H12N2O2. The van der Waals surface area contributed by atoms with Crippen molar-refractivity contribution in [3.05, 3.63) is 0 Å². The molecule has 0 aromatic heterocycles. The summed E-state index contributed by atoms with van der Waals surface area (Å²) in [4.78, 5) is 13.1. The number of carbonyl (C=O) groups is 1. The highest BCUT2D eigenvalue weighted by atomic mass is 16.5. The Balaban J connectivity index is 1.92. The molecule has 2 aliphatic rings. The van der Waals surface area contributed by atoms with Crippen molar-refractivity contribution < 1.29 is 9.53 Å². The van der Waals surface area contributed by atoms with Crippen LogP contribution in [0.3, 0.4) is 0 Å². The van der Waals surface area contributed by atoms with Gasteiger partial charge in [0.05, 0.1) is 19.3 Å². The standard InChI is InChI=1S/C9H12N2O2/c10-2-1-9(12)11-3-7-5-13-6-8(7)4-11/h7-8H,1,3-6H2/t7-,8+. The van der Waals surface area contributed by atoms with Gasteiger partial charge in [-0.1, -0.05) is 0 Å². The quantitative estimate of drug-likeness (QED) is 0.571. The van der Waals surface area contributed by atoms with E-state index in [1.165, 1.54) is 0 Å². The van der Waals surface area contributed by atoms with Crippen molar-refractivity contribution in [2.24, 2.45) is 11.8 Å². The number of rotatable bonds is 1. The van der Waals surface area contributed by atoms with Gasteiger partial charge in [-0.15, -0.1) is 0 Å². The fourth-order valence-electron chi connectivity index (χ4n) is 2.07. The second kappa shape index (κ2) is 3.35. The monoisotopic (exact) mass is 180 g/mol. The molecule has 1 amide bonds. The Labute approximate surface area is 77.1 Å². The number of hydrogen-bond donors (Lipinski definition) is 0. The number of carbonyl (C=O) groups excluding carboxylic acids is 1. The minimum atomic E-state index is -0.0306. The molecule has 0 N–H and O–H groups in total. The summed E-state index contributed by atoms with van der Waals surface area (Å²) in [5.41, 5.74) is 0. The van der Waals surface area contributed by atoms with Crippen LogP contribution in [-0.4, -0.2) is 37.1 Å². The summed E-state index contributed by atoms with van der Waals surface area (Å²) in [6, 6.07) is 1.89. The smallest absolute Gasteiger partial charge is 0.236 e. The van der Waals surface area contributed by atoms with Crippen molar-refractivity contribution in [1.29, 1.82) is 5.26 Å². The molecule has 13 heavy (non-hydrogen) atoms. The van der Waals surface area contributed by atoms with Crippen LogP contribution in [-0.2, 0) is 9.53 Å². The summed E-state index contributed by atoms with van der Waals surface area (Å²) < 4.78 is 5.30. The number of fused-ring (bicyclic) bond motifs is 1. The van der Waals surface area contributed by atoms with E-state index in [2.05, 4.69) is 0 Å². The molecule has 0 radical (unpaired) electrons. The molecule has 0 aromatic carbocycles. The van der Waals surface area contributed by atoms with E-state index < -0.39 is 0 Å². The second-order valence-electron chi connectivity index (χ2n) is 3.69. The predicted octanol–water partition coefficient (Wildman–Crippen LogP) is 0.00488. The first-order chi connectivity index (χ1) is 6.31. The molecule has 0 spiro atoms. The lowest BCUT2D eigenvalue weighted by Gasteiger charge is -2.15. The Bertz CT molecular complexity index is 247. The lowest BCUT2D eigenvalue weighted by atomic mass is 10.0. The number of ether oxygens (including phenoxy) is 1. The van der Waals surface area contributed by atoms with E-state index in [9.17, 15) is 4.79 Å². The van der Waals surface area contributed by atoms with Crippen LogP contribution in [0.4, 0.5) is 0 Å². The average Bonchev–Trinajstić information content (AvgIpc) is 2.61. The van der Waals surface area contributed by atoms with E-state index >= 15 is 0 Å². The molecule has 0 aromatic rings. The van der Waals surface area contributed by atoms with Gasteiger partial charge in [0.1, 0.15) is 6.42 Å². The van der Waals surface area contributed by atoms with Crippen molar-refractivity contribution in [3.8, 4) is 6.07 Å². The summed E-state index contributed by atoms with van der Waals surface area (Å²) in [5.74, 6) is 1.00. The first-order valence-electron chi connectivity index (χ1n) is 4.53. The third-order valence-corrected chi connectivity index (χ3v) is 2.82. The van der Waals surface area contributed by atoms with Gasteiger partial charge in [0.2, 0.25) is 5.91 Å². The number of hydrogen-bond acceptors (Lipinski definition) is 3. The van der Waals surface area contributed by atoms with Crippen molar-refractivity contribution in [3.63, 3.8) is 0 Å². The normalized spacial score (nSPS) is 31.5. The van der Waals surface area contributed by atoms with Gasteiger partial charge in [0, 0.05) is 24.9 Å². The lowest BCUT2D eigenvalue weighted by Crippen LogP contribution is -2.29. The molecule has 2 aliphatic heterocycles. The largest absolute Gasteiger partial charge is 0.381 e. The maximum atomic E-state index is 11.3. The van der Waals surface area contributed by atoms with Crippen molar-refractivity contribution in [1.82, 2.24) is 4.90 Å². The molecule has 2 saturated heterocycles. The van der Waals surface area contributed by atoms with E-state index in [-0.39, 0.29) is 12.3 Å². The van der Waals surface area contributed by atoms with Crippen molar-refractivity contribution in [2.75, 3.05) is 26.3 Å². The maximum Gasteiger partial charge on any atom is 0.236 e. The van der Waals surface area contributed by atoms with Gasteiger partial charge < -0.3 is 9.64 Å². The first kappa shape index (κ1) is 8.52. The molecule has 4 nitrogen and oxygen atoms in total. The Hall–Kier alpha value is -1.08. The molecule has 2 rings (SSSR count). The van der Waals surface area contributed by atoms with E-state index in [1.54, 1.807) is 4.90 Å². The SMILES string of the molecule is N#CCC(=O)N1C[C@H]2COC[C@H]2C1. The second-order valence-corrected chi connectivity index (χ2v) is 3.69. The van der Waals surface area contributed by atoms with Gasteiger partial charge >= 0.3 is 0 Å². The van der Waals surface area contributed by atoms with Crippen LogP contribution in [0.5, 0.6) is 0 Å². The number of nitrogens with zero attached hydrogens (tertiary/aromatic N) is 2. The average molecular weight is 180 g/mol. The summed E-state index contributed by atoms with van der Waals surface area (Å²) in [7, 11) is 0. The van der Waals surface area contributed by atoms with Crippen LogP contribution in [0.1, 0.15) is 6.42 Å². The van der Waals surface area contributed by atoms with E-state index in [1.807, 2.05) is 6.07 Å². The fourth-order valence-corrected chi connectivity index (χ4v) is 2.07. The van der Waals surface area contributed by atoms with Crippen LogP contribution in [0.25, 0.3) is 0 Å². The predicted molar refractivity (Wildman–Crippen MR) is 44.6 cm³/mol. The molecular weight excluding hydrogens is 168 g/mol. The zero-order chi connectivity index (χ0) is 9.26. The molecule has 4 heteroatoms. The molecule has 0 unspecified atom stereocenters. The molecule has 0 aliphatic carbocycles. The highest BCUT2D eigenvalue weighted by Gasteiger charge is 2.38. The Morgan fingerprint density at radius 2 is 2.08 bits per heavy atom. The zero-order valence-electron chi connectivity index (χ0n) is 7.40. The van der Waals surface area contributed by atoms with Gasteiger partial charge in [-0.05, 0) is 0 Å². The summed E-state index contributed by atoms with van der Waals surface area (Å²) in [6.45, 7) is 3.12. The highest BCUT2D eigenvalue weighted by molar-refractivity contribution is 5.78. The van der Waals surface area contributed by atoms with Crippen LogP contribution in [0.15, 0.2) is 0 Å².